The molecule has 1 aromatic heterocycles. The van der Waals surface area contributed by atoms with Crippen LogP contribution in [-0.2, 0) is 0 Å². The van der Waals surface area contributed by atoms with Crippen LogP contribution in [0.25, 0.3) is 0 Å². The summed E-state index contributed by atoms with van der Waals surface area (Å²) in [5.41, 5.74) is 0. The van der Waals surface area contributed by atoms with Gasteiger partial charge in [-0.2, -0.15) is 13.2 Å². The van der Waals surface area contributed by atoms with E-state index in [2.05, 4.69) is 20.9 Å². The van der Waals surface area contributed by atoms with Crippen LogP contribution in [0.4, 0.5) is 13.2 Å². The van der Waals surface area contributed by atoms with Gasteiger partial charge in [0, 0.05) is 0 Å². The number of thiazole rings is 1. The third-order valence-electron chi connectivity index (χ3n) is 1.04. The summed E-state index contributed by atoms with van der Waals surface area (Å²) in [7, 11) is 0. The highest BCUT2D eigenvalue weighted by Gasteiger charge is 2.41. The number of aliphatic hydroxyl groups is 1. The van der Waals surface area contributed by atoms with Gasteiger partial charge >= 0.3 is 6.18 Å². The summed E-state index contributed by atoms with van der Waals surface area (Å²) in [5, 5.41) is 8.32. The van der Waals surface area contributed by atoms with E-state index in [1.807, 2.05) is 0 Å². The van der Waals surface area contributed by atoms with E-state index in [4.69, 9.17) is 5.11 Å². The van der Waals surface area contributed by atoms with Crippen molar-refractivity contribution in [2.75, 3.05) is 0 Å². The summed E-state index contributed by atoms with van der Waals surface area (Å²) in [6.45, 7) is 0. The number of aliphatic hydroxyl groups excluding tert-OH is 1. The van der Waals surface area contributed by atoms with Gasteiger partial charge in [-0.25, -0.2) is 4.98 Å². The van der Waals surface area contributed by atoms with Crippen molar-refractivity contribution in [2.45, 2.75) is 12.3 Å². The van der Waals surface area contributed by atoms with Crippen LogP contribution in [0.1, 0.15) is 11.1 Å². The Bertz CT molecular complexity index is 274. The maximum absolute atomic E-state index is 11.8. The Kier molecular flexibility index (Phi) is 2.74. The van der Waals surface area contributed by atoms with Gasteiger partial charge in [0.1, 0.15) is 5.01 Å². The Balaban J connectivity index is 2.85. The van der Waals surface area contributed by atoms with E-state index in [1.54, 1.807) is 0 Å². The number of nitrogens with zero attached hydrogens (tertiary/aromatic N) is 1. The molecule has 68 valence electrons. The molecular weight excluding hydrogens is 259 g/mol. The fourth-order valence-electron chi connectivity index (χ4n) is 0.533. The van der Waals surface area contributed by atoms with E-state index in [0.717, 1.165) is 11.3 Å². The molecule has 1 heterocycles. The Morgan fingerprint density at radius 3 is 2.50 bits per heavy atom. The molecule has 0 aromatic carbocycles. The Morgan fingerprint density at radius 2 is 2.17 bits per heavy atom. The lowest BCUT2D eigenvalue weighted by Crippen LogP contribution is -2.19. The van der Waals surface area contributed by atoms with Crippen LogP contribution in [0.15, 0.2) is 9.98 Å². The SMILES string of the molecule is O[C@H](c1ncc(Br)s1)C(F)(F)F. The molecule has 0 aliphatic heterocycles. The molecule has 0 amide bonds. The van der Waals surface area contributed by atoms with Crippen LogP contribution in [0.2, 0.25) is 0 Å². The number of aromatic nitrogens is 1. The molecular formula is C5H3BrF3NOS. The van der Waals surface area contributed by atoms with Gasteiger partial charge < -0.3 is 5.11 Å². The van der Waals surface area contributed by atoms with Crippen LogP contribution in [0.3, 0.4) is 0 Å². The van der Waals surface area contributed by atoms with Crippen molar-refractivity contribution in [3.63, 3.8) is 0 Å². The number of hydrogen-bond donors (Lipinski definition) is 1. The fourth-order valence-corrected chi connectivity index (χ4v) is 1.79. The monoisotopic (exact) mass is 261 g/mol. The summed E-state index contributed by atoms with van der Waals surface area (Å²) in [6.07, 6.45) is -5.90. The van der Waals surface area contributed by atoms with Gasteiger partial charge in [-0.05, 0) is 15.9 Å². The first-order valence-corrected chi connectivity index (χ1v) is 4.38. The first-order chi connectivity index (χ1) is 5.41. The average molecular weight is 262 g/mol. The van der Waals surface area contributed by atoms with Gasteiger partial charge in [0.05, 0.1) is 9.98 Å². The lowest BCUT2D eigenvalue weighted by Gasteiger charge is -2.10. The highest BCUT2D eigenvalue weighted by molar-refractivity contribution is 9.11. The van der Waals surface area contributed by atoms with Crippen molar-refractivity contribution in [2.24, 2.45) is 0 Å². The minimum absolute atomic E-state index is 0.352. The molecule has 0 aliphatic rings. The molecule has 12 heavy (non-hydrogen) atoms. The summed E-state index contributed by atoms with van der Waals surface area (Å²) in [4.78, 5) is 3.38. The van der Waals surface area contributed by atoms with E-state index < -0.39 is 12.3 Å². The van der Waals surface area contributed by atoms with E-state index >= 15 is 0 Å². The predicted octanol–water partition coefficient (Wildman–Crippen LogP) is 2.50. The molecule has 0 aliphatic carbocycles. The second kappa shape index (κ2) is 3.31. The minimum atomic E-state index is -4.64. The quantitative estimate of drug-likeness (QED) is 0.843. The van der Waals surface area contributed by atoms with Crippen molar-refractivity contribution in [3.8, 4) is 0 Å². The Labute approximate surface area is 78.2 Å². The molecule has 0 spiro atoms. The normalized spacial score (nSPS) is 14.8. The topological polar surface area (TPSA) is 33.1 Å². The van der Waals surface area contributed by atoms with E-state index in [-0.39, 0.29) is 5.01 Å². The van der Waals surface area contributed by atoms with Crippen LogP contribution >= 0.6 is 27.3 Å². The first kappa shape index (κ1) is 9.94. The summed E-state index contributed by atoms with van der Waals surface area (Å²) in [5.74, 6) is 0. The third kappa shape index (κ3) is 2.18. The number of alkyl halides is 3. The van der Waals surface area contributed by atoms with Gasteiger partial charge in [-0.15, -0.1) is 11.3 Å². The molecule has 1 atom stereocenters. The van der Waals surface area contributed by atoms with Crippen LogP contribution < -0.4 is 0 Å². The summed E-state index contributed by atoms with van der Waals surface area (Å²) < 4.78 is 36.0. The lowest BCUT2D eigenvalue weighted by molar-refractivity contribution is -0.206. The van der Waals surface area contributed by atoms with Crippen molar-refractivity contribution in [1.82, 2.24) is 4.98 Å². The second-order valence-electron chi connectivity index (χ2n) is 1.95. The standard InChI is InChI=1S/C5H3BrF3NOS/c6-2-1-10-4(12-2)3(11)5(7,8)9/h1,3,11H/t3-/m1/s1. The van der Waals surface area contributed by atoms with Gasteiger partial charge in [-0.1, -0.05) is 0 Å². The van der Waals surface area contributed by atoms with Gasteiger partial charge in [0.25, 0.3) is 0 Å². The maximum atomic E-state index is 11.8. The molecule has 1 aromatic rings. The highest BCUT2D eigenvalue weighted by Crippen LogP contribution is 2.35. The van der Waals surface area contributed by atoms with Crippen LogP contribution in [0, 0.1) is 0 Å². The second-order valence-corrected chi connectivity index (χ2v) is 4.39. The fraction of sp³-hybridized carbons (Fsp3) is 0.400. The zero-order valence-electron chi connectivity index (χ0n) is 5.47. The molecule has 0 saturated heterocycles. The number of hydrogen-bond acceptors (Lipinski definition) is 3. The maximum Gasteiger partial charge on any atom is 0.420 e. The molecule has 2 nitrogen and oxygen atoms in total. The van der Waals surface area contributed by atoms with Crippen LogP contribution in [-0.4, -0.2) is 16.3 Å². The number of rotatable bonds is 1. The molecule has 0 bridgehead atoms. The zero-order valence-corrected chi connectivity index (χ0v) is 7.87. The minimum Gasteiger partial charge on any atom is -0.377 e. The summed E-state index contributed by atoms with van der Waals surface area (Å²) in [6, 6.07) is 0. The van der Waals surface area contributed by atoms with Gasteiger partial charge in [0.15, 0.2) is 0 Å². The average Bonchev–Trinajstić information content (AvgIpc) is 2.32. The van der Waals surface area contributed by atoms with E-state index in [1.165, 1.54) is 6.20 Å². The highest BCUT2D eigenvalue weighted by atomic mass is 79.9. The van der Waals surface area contributed by atoms with Crippen molar-refractivity contribution < 1.29 is 18.3 Å². The van der Waals surface area contributed by atoms with Gasteiger partial charge in [0.2, 0.25) is 6.10 Å². The predicted molar refractivity (Wildman–Crippen MR) is 40.8 cm³/mol. The molecule has 1 rings (SSSR count). The molecule has 1 N–H and O–H groups in total. The van der Waals surface area contributed by atoms with Crippen molar-refractivity contribution >= 4 is 27.3 Å². The lowest BCUT2D eigenvalue weighted by atomic mass is 10.4. The van der Waals surface area contributed by atoms with Crippen molar-refractivity contribution in [1.29, 1.82) is 0 Å². The molecule has 0 unspecified atom stereocenters. The van der Waals surface area contributed by atoms with Crippen LogP contribution in [0.5, 0.6) is 0 Å². The number of halogens is 4. The van der Waals surface area contributed by atoms with Crippen molar-refractivity contribution in [3.05, 3.63) is 15.0 Å². The van der Waals surface area contributed by atoms with Gasteiger partial charge in [-0.3, -0.25) is 0 Å². The largest absolute Gasteiger partial charge is 0.420 e. The molecule has 7 heteroatoms. The van der Waals surface area contributed by atoms with E-state index in [0.29, 0.717) is 3.79 Å². The molecule has 0 radical (unpaired) electrons. The molecule has 0 fully saturated rings. The third-order valence-corrected chi connectivity index (χ3v) is 2.57. The smallest absolute Gasteiger partial charge is 0.377 e. The molecule has 0 saturated carbocycles. The first-order valence-electron chi connectivity index (χ1n) is 2.77. The Morgan fingerprint density at radius 1 is 1.58 bits per heavy atom. The summed E-state index contributed by atoms with van der Waals surface area (Å²) >= 11 is 3.70. The van der Waals surface area contributed by atoms with E-state index in [9.17, 15) is 13.2 Å². The zero-order chi connectivity index (χ0) is 9.35. The Hall–Kier alpha value is -0.140.